The molecule has 0 unspecified atom stereocenters. The van der Waals surface area contributed by atoms with Crippen LogP contribution >= 0.6 is 23.2 Å². The number of nitrogens with zero attached hydrogens (tertiary/aromatic N) is 1. The minimum atomic E-state index is -0.532. The van der Waals surface area contributed by atoms with Crippen LogP contribution in [-0.4, -0.2) is 24.8 Å². The number of para-hydroxylation sites is 1. The highest BCUT2D eigenvalue weighted by molar-refractivity contribution is 6.42. The van der Waals surface area contributed by atoms with E-state index in [4.69, 9.17) is 27.9 Å². The van der Waals surface area contributed by atoms with Gasteiger partial charge in [-0.05, 0) is 74.4 Å². The van der Waals surface area contributed by atoms with Gasteiger partial charge in [-0.15, -0.1) is 0 Å². The summed E-state index contributed by atoms with van der Waals surface area (Å²) in [5.41, 5.74) is 5.76. The highest BCUT2D eigenvalue weighted by Gasteiger charge is 2.36. The third-order valence-corrected chi connectivity index (χ3v) is 6.78. The van der Waals surface area contributed by atoms with Gasteiger partial charge >= 0.3 is 6.09 Å². The molecule has 5 nitrogen and oxygen atoms in total. The van der Waals surface area contributed by atoms with Gasteiger partial charge in [0.2, 0.25) is 0 Å². The number of hydrogen-bond acceptors (Lipinski definition) is 4. The maximum atomic E-state index is 12.2. The lowest BCUT2D eigenvalue weighted by atomic mass is 9.73. The number of halogens is 2. The Hall–Kier alpha value is -2.89. The van der Waals surface area contributed by atoms with Crippen molar-refractivity contribution in [3.05, 3.63) is 81.8 Å². The maximum absolute atomic E-state index is 12.2. The highest BCUT2D eigenvalue weighted by atomic mass is 35.5. The van der Waals surface area contributed by atoms with Gasteiger partial charge in [0, 0.05) is 41.3 Å². The number of rotatable bonds is 5. The second kappa shape index (κ2) is 9.63. The second-order valence-electron chi connectivity index (χ2n) is 10.2. The first kappa shape index (κ1) is 25.2. The fourth-order valence-electron chi connectivity index (χ4n) is 4.43. The molecule has 0 fully saturated rings. The average Bonchev–Trinajstić information content (AvgIpc) is 2.78. The van der Waals surface area contributed by atoms with Gasteiger partial charge < -0.3 is 20.3 Å². The van der Waals surface area contributed by atoms with Crippen LogP contribution in [0.25, 0.3) is 0 Å². The molecule has 1 heterocycles. The Bertz CT molecular complexity index is 1250. The molecule has 0 spiro atoms. The van der Waals surface area contributed by atoms with Crippen LogP contribution in [0.1, 0.15) is 45.7 Å². The van der Waals surface area contributed by atoms with Crippen molar-refractivity contribution in [1.29, 1.82) is 0 Å². The van der Waals surface area contributed by atoms with E-state index in [1.807, 2.05) is 32.9 Å². The van der Waals surface area contributed by atoms with E-state index in [2.05, 4.69) is 71.8 Å². The number of carbonyl (C=O) groups excluding carboxylic acids is 1. The molecule has 0 saturated carbocycles. The van der Waals surface area contributed by atoms with Crippen LogP contribution in [0.3, 0.4) is 0 Å². The second-order valence-corrected chi connectivity index (χ2v) is 11.0. The number of carbonyl (C=O) groups is 1. The first-order valence-electron chi connectivity index (χ1n) is 11.7. The van der Waals surface area contributed by atoms with Crippen LogP contribution in [0.5, 0.6) is 0 Å². The zero-order chi connectivity index (χ0) is 25.4. The van der Waals surface area contributed by atoms with Crippen LogP contribution in [0.2, 0.25) is 10.0 Å². The Morgan fingerprint density at radius 3 is 2.29 bits per heavy atom. The van der Waals surface area contributed by atoms with Crippen molar-refractivity contribution in [2.45, 2.75) is 45.6 Å². The predicted octanol–water partition coefficient (Wildman–Crippen LogP) is 8.04. The van der Waals surface area contributed by atoms with Gasteiger partial charge in [0.25, 0.3) is 0 Å². The molecular weight excluding hydrogens is 481 g/mol. The quantitative estimate of drug-likeness (QED) is 0.363. The summed E-state index contributed by atoms with van der Waals surface area (Å²) in [6, 6.07) is 20.3. The molecule has 0 aromatic heterocycles. The molecule has 1 aliphatic rings. The maximum Gasteiger partial charge on any atom is 0.407 e. The van der Waals surface area contributed by atoms with E-state index in [0.717, 1.165) is 22.7 Å². The fourth-order valence-corrected chi connectivity index (χ4v) is 4.73. The van der Waals surface area contributed by atoms with E-state index in [1.165, 1.54) is 11.1 Å². The molecule has 3 aromatic rings. The van der Waals surface area contributed by atoms with E-state index in [-0.39, 0.29) is 5.41 Å². The molecule has 2 N–H and O–H groups in total. The molecule has 3 aromatic carbocycles. The smallest absolute Gasteiger partial charge is 0.407 e. The predicted molar refractivity (Wildman–Crippen MR) is 146 cm³/mol. The number of ether oxygens (including phenoxy) is 1. The van der Waals surface area contributed by atoms with Crippen molar-refractivity contribution in [2.24, 2.45) is 0 Å². The third kappa shape index (κ3) is 5.52. The van der Waals surface area contributed by atoms with Crippen molar-refractivity contribution in [1.82, 2.24) is 5.32 Å². The van der Waals surface area contributed by atoms with Crippen LogP contribution < -0.4 is 15.5 Å². The molecule has 0 bridgehead atoms. The van der Waals surface area contributed by atoms with Crippen molar-refractivity contribution in [3.8, 4) is 0 Å². The number of amides is 1. The Morgan fingerprint density at radius 1 is 0.914 bits per heavy atom. The Labute approximate surface area is 217 Å². The summed E-state index contributed by atoms with van der Waals surface area (Å²) in [6.45, 7) is 11.1. The van der Waals surface area contributed by atoms with Crippen molar-refractivity contribution in [3.63, 3.8) is 0 Å². The van der Waals surface area contributed by atoms with Crippen LogP contribution in [0.15, 0.2) is 60.7 Å². The van der Waals surface area contributed by atoms with E-state index in [9.17, 15) is 4.79 Å². The minimum Gasteiger partial charge on any atom is -0.444 e. The minimum absolute atomic E-state index is 0.212. The lowest BCUT2D eigenvalue weighted by Crippen LogP contribution is -2.39. The molecule has 1 amide bonds. The van der Waals surface area contributed by atoms with Gasteiger partial charge in [0.1, 0.15) is 5.60 Å². The van der Waals surface area contributed by atoms with Crippen LogP contribution in [0.4, 0.5) is 27.5 Å². The molecule has 4 rings (SSSR count). The van der Waals surface area contributed by atoms with E-state index >= 15 is 0 Å². The topological polar surface area (TPSA) is 53.6 Å². The summed E-state index contributed by atoms with van der Waals surface area (Å²) < 4.78 is 5.39. The first-order valence-corrected chi connectivity index (χ1v) is 12.4. The van der Waals surface area contributed by atoms with Crippen LogP contribution in [0, 0.1) is 0 Å². The number of fused-ring (bicyclic) bond motifs is 2. The zero-order valence-electron chi connectivity index (χ0n) is 20.7. The average molecular weight is 512 g/mol. The van der Waals surface area contributed by atoms with Gasteiger partial charge in [-0.2, -0.15) is 0 Å². The normalized spacial score (nSPS) is 14.1. The summed E-state index contributed by atoms with van der Waals surface area (Å²) in [5, 5.41) is 7.36. The van der Waals surface area contributed by atoms with Crippen LogP contribution in [-0.2, 0) is 10.2 Å². The molecule has 0 saturated heterocycles. The number of alkyl carbamates (subject to hydrolysis) is 1. The standard InChI is InChI=1S/C28H31Cl2N3O2/c1-27(2,3)35-26(34)31-14-15-33-24-9-7-6-8-20(24)28(4,5)21-16-18(11-13-25(21)33)32-19-10-12-22(29)23(30)17-19/h6-13,16-17,32H,14-15H2,1-5H3,(H,31,34). The number of hydrogen-bond donors (Lipinski definition) is 2. The third-order valence-electron chi connectivity index (χ3n) is 6.04. The molecule has 1 aliphatic heterocycles. The largest absolute Gasteiger partial charge is 0.444 e. The van der Waals surface area contributed by atoms with Crippen molar-refractivity contribution < 1.29 is 9.53 Å². The Balaban J connectivity index is 1.63. The molecule has 0 radical (unpaired) electrons. The molecular formula is C28H31Cl2N3O2. The number of benzene rings is 3. The molecule has 7 heteroatoms. The summed E-state index contributed by atoms with van der Waals surface area (Å²) in [5.74, 6) is 0. The zero-order valence-corrected chi connectivity index (χ0v) is 22.2. The molecule has 0 atom stereocenters. The summed E-state index contributed by atoms with van der Waals surface area (Å²) >= 11 is 12.3. The van der Waals surface area contributed by atoms with Gasteiger partial charge in [-0.25, -0.2) is 4.79 Å². The van der Waals surface area contributed by atoms with Gasteiger partial charge in [-0.1, -0.05) is 55.2 Å². The fraction of sp³-hybridized carbons (Fsp3) is 0.321. The lowest BCUT2D eigenvalue weighted by Gasteiger charge is -2.42. The van der Waals surface area contributed by atoms with E-state index < -0.39 is 11.7 Å². The summed E-state index contributed by atoms with van der Waals surface area (Å²) in [6.07, 6.45) is -0.412. The lowest BCUT2D eigenvalue weighted by molar-refractivity contribution is 0.0529. The van der Waals surface area contributed by atoms with Gasteiger partial charge in [0.15, 0.2) is 0 Å². The number of anilines is 4. The molecule has 35 heavy (non-hydrogen) atoms. The first-order chi connectivity index (χ1) is 16.5. The Morgan fingerprint density at radius 2 is 1.57 bits per heavy atom. The van der Waals surface area contributed by atoms with E-state index in [1.54, 1.807) is 6.07 Å². The SMILES string of the molecule is CC(C)(C)OC(=O)NCCN1c2ccccc2C(C)(C)c2cc(Nc3ccc(Cl)c(Cl)c3)ccc21. The van der Waals surface area contributed by atoms with E-state index in [0.29, 0.717) is 23.1 Å². The van der Waals surface area contributed by atoms with Crippen molar-refractivity contribution >= 4 is 52.0 Å². The monoisotopic (exact) mass is 511 g/mol. The molecule has 184 valence electrons. The molecule has 0 aliphatic carbocycles. The number of nitrogens with one attached hydrogen (secondary N) is 2. The summed E-state index contributed by atoms with van der Waals surface area (Å²) in [4.78, 5) is 14.4. The van der Waals surface area contributed by atoms with Gasteiger partial charge in [0.05, 0.1) is 10.0 Å². The highest BCUT2D eigenvalue weighted by Crippen LogP contribution is 2.49. The summed E-state index contributed by atoms with van der Waals surface area (Å²) in [7, 11) is 0. The Kier molecular flexibility index (Phi) is 6.94. The van der Waals surface area contributed by atoms with Crippen molar-refractivity contribution in [2.75, 3.05) is 23.3 Å². The van der Waals surface area contributed by atoms with Gasteiger partial charge in [-0.3, -0.25) is 0 Å².